The lowest BCUT2D eigenvalue weighted by Crippen LogP contribution is -2.14. The summed E-state index contributed by atoms with van der Waals surface area (Å²) < 4.78 is 2.32. The number of nitrogens with zero attached hydrogens (tertiary/aromatic N) is 2. The summed E-state index contributed by atoms with van der Waals surface area (Å²) in [6.45, 7) is 5.45. The zero-order chi connectivity index (χ0) is 9.97. The van der Waals surface area contributed by atoms with Gasteiger partial charge < -0.3 is 4.57 Å². The van der Waals surface area contributed by atoms with Gasteiger partial charge in [-0.05, 0) is 32.6 Å². The fraction of sp³-hybridized carbons (Fsp3) is 0.750. The monoisotopic (exact) mass is 192 g/mol. The number of imidazole rings is 1. The van der Waals surface area contributed by atoms with Gasteiger partial charge in [-0.25, -0.2) is 4.98 Å². The third-order valence-electron chi connectivity index (χ3n) is 3.52. The Morgan fingerprint density at radius 1 is 1.29 bits per heavy atom. The highest BCUT2D eigenvalue weighted by atomic mass is 15.1. The molecular formula is C12H20N2. The van der Waals surface area contributed by atoms with Gasteiger partial charge in [-0.3, -0.25) is 0 Å². The zero-order valence-electron chi connectivity index (χ0n) is 9.29. The van der Waals surface area contributed by atoms with Crippen LogP contribution in [-0.2, 0) is 6.54 Å². The van der Waals surface area contributed by atoms with Crippen molar-refractivity contribution in [2.24, 2.45) is 5.92 Å². The summed E-state index contributed by atoms with van der Waals surface area (Å²) in [6, 6.07) is 0. The van der Waals surface area contributed by atoms with Crippen LogP contribution in [0.1, 0.15) is 43.5 Å². The molecule has 1 saturated carbocycles. The van der Waals surface area contributed by atoms with Gasteiger partial charge in [0.1, 0.15) is 0 Å². The van der Waals surface area contributed by atoms with Gasteiger partial charge in [0, 0.05) is 12.2 Å². The number of aromatic nitrogens is 2. The highest BCUT2D eigenvalue weighted by Gasteiger charge is 2.14. The fourth-order valence-electron chi connectivity index (χ4n) is 2.38. The Morgan fingerprint density at radius 3 is 2.57 bits per heavy atom. The van der Waals surface area contributed by atoms with Gasteiger partial charge in [0.15, 0.2) is 0 Å². The van der Waals surface area contributed by atoms with Crippen molar-refractivity contribution in [2.75, 3.05) is 0 Å². The van der Waals surface area contributed by atoms with Crippen LogP contribution in [0.2, 0.25) is 0 Å². The van der Waals surface area contributed by atoms with Crippen molar-refractivity contribution in [1.29, 1.82) is 0 Å². The second kappa shape index (κ2) is 4.16. The zero-order valence-corrected chi connectivity index (χ0v) is 9.29. The lowest BCUT2D eigenvalue weighted by atomic mass is 9.89. The molecule has 2 heteroatoms. The van der Waals surface area contributed by atoms with Crippen LogP contribution in [0.4, 0.5) is 0 Å². The Labute approximate surface area is 86.3 Å². The first-order valence-electron chi connectivity index (χ1n) is 5.75. The van der Waals surface area contributed by atoms with E-state index in [0.29, 0.717) is 0 Å². The van der Waals surface area contributed by atoms with E-state index in [9.17, 15) is 0 Å². The van der Waals surface area contributed by atoms with E-state index in [0.717, 1.165) is 5.92 Å². The van der Waals surface area contributed by atoms with Crippen molar-refractivity contribution in [3.8, 4) is 0 Å². The lowest BCUT2D eigenvalue weighted by Gasteiger charge is -2.22. The van der Waals surface area contributed by atoms with Crippen LogP contribution in [0.25, 0.3) is 0 Å². The number of aryl methyl sites for hydroxylation is 1. The Kier molecular flexibility index (Phi) is 2.90. The lowest BCUT2D eigenvalue weighted by molar-refractivity contribution is 0.317. The largest absolute Gasteiger partial charge is 0.334 e. The van der Waals surface area contributed by atoms with Crippen LogP contribution in [0.15, 0.2) is 6.33 Å². The van der Waals surface area contributed by atoms with Crippen LogP contribution in [-0.4, -0.2) is 9.55 Å². The average Bonchev–Trinajstić information content (AvgIpc) is 2.52. The molecule has 78 valence electrons. The minimum atomic E-state index is 0.899. The van der Waals surface area contributed by atoms with Gasteiger partial charge in [-0.1, -0.05) is 19.3 Å². The molecule has 1 aliphatic carbocycles. The summed E-state index contributed by atoms with van der Waals surface area (Å²) >= 11 is 0. The normalized spacial score (nSPS) is 18.7. The first kappa shape index (κ1) is 9.75. The first-order valence-corrected chi connectivity index (χ1v) is 5.75. The molecule has 0 unspecified atom stereocenters. The highest BCUT2D eigenvalue weighted by molar-refractivity contribution is 5.08. The summed E-state index contributed by atoms with van der Waals surface area (Å²) in [7, 11) is 0. The summed E-state index contributed by atoms with van der Waals surface area (Å²) in [6.07, 6.45) is 9.12. The maximum atomic E-state index is 4.34. The van der Waals surface area contributed by atoms with Crippen molar-refractivity contribution >= 4 is 0 Å². The molecule has 1 aliphatic rings. The summed E-state index contributed by atoms with van der Waals surface area (Å²) in [4.78, 5) is 4.34. The number of hydrogen-bond donors (Lipinski definition) is 0. The summed E-state index contributed by atoms with van der Waals surface area (Å²) in [5.74, 6) is 0.899. The van der Waals surface area contributed by atoms with Gasteiger partial charge in [0.25, 0.3) is 0 Å². The molecule has 0 amide bonds. The van der Waals surface area contributed by atoms with Crippen LogP contribution in [0.3, 0.4) is 0 Å². The minimum absolute atomic E-state index is 0.899. The standard InChI is InChI=1S/C12H20N2/c1-10-11(2)14(9-13-10)8-12-6-4-3-5-7-12/h9,12H,3-8H2,1-2H3. The minimum Gasteiger partial charge on any atom is -0.334 e. The molecule has 1 aromatic heterocycles. The molecule has 1 heterocycles. The van der Waals surface area contributed by atoms with Gasteiger partial charge in [0.2, 0.25) is 0 Å². The van der Waals surface area contributed by atoms with E-state index in [4.69, 9.17) is 0 Å². The molecule has 0 aliphatic heterocycles. The van der Waals surface area contributed by atoms with E-state index in [1.165, 1.54) is 50.0 Å². The van der Waals surface area contributed by atoms with Gasteiger partial charge in [0.05, 0.1) is 12.0 Å². The molecule has 1 fully saturated rings. The molecule has 0 spiro atoms. The van der Waals surface area contributed by atoms with E-state index in [-0.39, 0.29) is 0 Å². The van der Waals surface area contributed by atoms with E-state index < -0.39 is 0 Å². The van der Waals surface area contributed by atoms with Gasteiger partial charge in [-0.2, -0.15) is 0 Å². The summed E-state index contributed by atoms with van der Waals surface area (Å²) in [5.41, 5.74) is 2.52. The Balaban J connectivity index is 1.99. The van der Waals surface area contributed by atoms with E-state index >= 15 is 0 Å². The molecule has 14 heavy (non-hydrogen) atoms. The molecule has 1 aromatic rings. The third kappa shape index (κ3) is 1.99. The topological polar surface area (TPSA) is 17.8 Å². The molecule has 0 bridgehead atoms. The fourth-order valence-corrected chi connectivity index (χ4v) is 2.38. The maximum Gasteiger partial charge on any atom is 0.0951 e. The van der Waals surface area contributed by atoms with E-state index in [1.807, 2.05) is 6.33 Å². The average molecular weight is 192 g/mol. The number of rotatable bonds is 2. The van der Waals surface area contributed by atoms with Crippen molar-refractivity contribution < 1.29 is 0 Å². The SMILES string of the molecule is Cc1ncn(CC2CCCCC2)c1C. The van der Waals surface area contributed by atoms with Crippen LogP contribution < -0.4 is 0 Å². The quantitative estimate of drug-likeness (QED) is 0.704. The second-order valence-corrected chi connectivity index (χ2v) is 4.57. The Hall–Kier alpha value is -0.790. The number of hydrogen-bond acceptors (Lipinski definition) is 1. The molecule has 0 aromatic carbocycles. The predicted molar refractivity (Wildman–Crippen MR) is 58.3 cm³/mol. The molecule has 2 nitrogen and oxygen atoms in total. The van der Waals surface area contributed by atoms with Crippen molar-refractivity contribution in [1.82, 2.24) is 9.55 Å². The predicted octanol–water partition coefficient (Wildman–Crippen LogP) is 3.08. The van der Waals surface area contributed by atoms with Gasteiger partial charge >= 0.3 is 0 Å². The molecule has 2 rings (SSSR count). The smallest absolute Gasteiger partial charge is 0.0951 e. The van der Waals surface area contributed by atoms with E-state index in [1.54, 1.807) is 0 Å². The highest BCUT2D eigenvalue weighted by Crippen LogP contribution is 2.25. The molecule has 0 N–H and O–H groups in total. The van der Waals surface area contributed by atoms with Crippen molar-refractivity contribution in [2.45, 2.75) is 52.5 Å². The molecule has 0 atom stereocenters. The summed E-state index contributed by atoms with van der Waals surface area (Å²) in [5, 5.41) is 0. The maximum absolute atomic E-state index is 4.34. The third-order valence-corrected chi connectivity index (χ3v) is 3.52. The molecule has 0 radical (unpaired) electrons. The van der Waals surface area contributed by atoms with Crippen molar-refractivity contribution in [3.05, 3.63) is 17.7 Å². The van der Waals surface area contributed by atoms with E-state index in [2.05, 4.69) is 23.4 Å². The Morgan fingerprint density at radius 2 is 2.00 bits per heavy atom. The first-order chi connectivity index (χ1) is 6.77. The second-order valence-electron chi connectivity index (χ2n) is 4.57. The Bertz CT molecular complexity index is 295. The van der Waals surface area contributed by atoms with Gasteiger partial charge in [-0.15, -0.1) is 0 Å². The van der Waals surface area contributed by atoms with Crippen LogP contribution in [0.5, 0.6) is 0 Å². The van der Waals surface area contributed by atoms with Crippen LogP contribution in [0, 0.1) is 19.8 Å². The van der Waals surface area contributed by atoms with Crippen molar-refractivity contribution in [3.63, 3.8) is 0 Å². The van der Waals surface area contributed by atoms with Crippen LogP contribution >= 0.6 is 0 Å². The molecular weight excluding hydrogens is 172 g/mol. The molecule has 0 saturated heterocycles.